The van der Waals surface area contributed by atoms with Crippen molar-refractivity contribution in [3.63, 3.8) is 0 Å². The van der Waals surface area contributed by atoms with Crippen molar-refractivity contribution in [2.45, 2.75) is 284 Å². The molecule has 4 saturated heterocycles. The van der Waals surface area contributed by atoms with Gasteiger partial charge in [-0.05, 0) is 141 Å². The average Bonchev–Trinajstić information content (AvgIpc) is 1.64. The smallest absolute Gasteiger partial charge is 0.464 e. The maximum absolute atomic E-state index is 14.5. The lowest BCUT2D eigenvalue weighted by molar-refractivity contribution is -0.168. The zero-order valence-electron chi connectivity index (χ0n) is 78.4. The second-order valence-electron chi connectivity index (χ2n) is 34.3. The van der Waals surface area contributed by atoms with Gasteiger partial charge in [-0.2, -0.15) is 15.3 Å². The van der Waals surface area contributed by atoms with Crippen LogP contribution in [0, 0.1) is 5.41 Å². The van der Waals surface area contributed by atoms with Crippen molar-refractivity contribution in [1.29, 1.82) is 0 Å². The summed E-state index contributed by atoms with van der Waals surface area (Å²) in [5.41, 5.74) is 21.4. The van der Waals surface area contributed by atoms with E-state index in [1.165, 1.54) is 74.4 Å². The topological polar surface area (TPSA) is 560 Å². The van der Waals surface area contributed by atoms with Gasteiger partial charge < -0.3 is 87.6 Å². The highest BCUT2D eigenvalue weighted by atomic mass is 31.2. The number of pyridine rings is 3. The number of imidazole rings is 3. The molecule has 15 unspecified atom stereocenters. The lowest BCUT2D eigenvalue weighted by Gasteiger charge is -2.30. The minimum absolute atomic E-state index is 0.00895. The minimum atomic E-state index is -4.40. The van der Waals surface area contributed by atoms with Crippen LogP contribution in [-0.4, -0.2) is 202 Å². The van der Waals surface area contributed by atoms with Crippen LogP contribution in [0.15, 0.2) is 147 Å². The fourth-order valence-corrected chi connectivity index (χ4v) is 20.3. The van der Waals surface area contributed by atoms with Gasteiger partial charge in [-0.3, -0.25) is 60.8 Å². The van der Waals surface area contributed by atoms with Crippen LogP contribution < -0.4 is 46.0 Å². The number of nitrogen functional groups attached to an aromatic ring is 3. The minimum Gasteiger partial charge on any atom is -0.464 e. The van der Waals surface area contributed by atoms with E-state index in [1.807, 2.05) is 20.8 Å². The Kier molecular flexibility index (Phi) is 35.0. The van der Waals surface area contributed by atoms with Crippen LogP contribution in [0.3, 0.4) is 0 Å². The molecule has 1 aliphatic carbocycles. The van der Waals surface area contributed by atoms with Crippen molar-refractivity contribution in [2.75, 3.05) is 23.8 Å². The Bertz CT molecular complexity index is 5810. The highest BCUT2D eigenvalue weighted by Gasteiger charge is 2.60. The summed E-state index contributed by atoms with van der Waals surface area (Å²) < 4.78 is 153. The van der Waals surface area contributed by atoms with Crippen molar-refractivity contribution in [3.8, 4) is 17.2 Å². The summed E-state index contributed by atoms with van der Waals surface area (Å²) in [5, 5.41) is 8.03. The van der Waals surface area contributed by atoms with Crippen molar-refractivity contribution < 1.29 is 136 Å². The molecule has 3 aromatic carbocycles. The molecule has 44 nitrogen and oxygen atoms in total. The van der Waals surface area contributed by atoms with E-state index in [1.54, 1.807) is 169 Å². The van der Waals surface area contributed by atoms with Crippen LogP contribution >= 0.6 is 23.2 Å². The van der Waals surface area contributed by atoms with E-state index in [0.29, 0.717) is 50.6 Å². The maximum atomic E-state index is 14.5. The SMILES string of the molecule is CC(C)OC(=O)C(C)NP(=O)(Oc1ccccc1)OC(C)[C@H]1O[C@@H](n2cnc3c(N)ccnc32)C2OC(=O)OC21.CCC(=O)OC1C(OC(=O)CC)[C@H](n2cnc3c(N)ccnc32)O[C@@H]1C(C)OP(=O)(NC(C)C(=O)OC1CCCCC1)Oc1ccccc1.CCC(=O)OC1C(OC(=O)CC)[C@H](n2cnc3c(N)ccnc32)O[C@@H]1C(C)OP(=O)(NC(C)C(=O)OCC(C)(C)C)Oc1ccccc1. The molecule has 1 saturated carbocycles. The largest absolute Gasteiger partial charge is 0.509 e. The third-order valence-corrected chi connectivity index (χ3v) is 27.1. The number of carbonyl (C=O) groups excluding carboxylic acids is 8. The first-order valence-corrected chi connectivity index (χ1v) is 49.7. The Morgan fingerprint density at radius 3 is 1.13 bits per heavy atom. The molecule has 137 heavy (non-hydrogen) atoms. The summed E-state index contributed by atoms with van der Waals surface area (Å²) in [6.45, 7) is 24.9. The zero-order valence-corrected chi connectivity index (χ0v) is 81.1. The van der Waals surface area contributed by atoms with Gasteiger partial charge >= 0.3 is 71.2 Å². The lowest BCUT2D eigenvalue weighted by atomic mass is 9.98. The summed E-state index contributed by atoms with van der Waals surface area (Å²) in [4.78, 5) is 128. The molecule has 9 N–H and O–H groups in total. The van der Waals surface area contributed by atoms with Crippen LogP contribution in [0.4, 0.5) is 21.9 Å². The van der Waals surface area contributed by atoms with Gasteiger partial charge in [0.2, 0.25) is 0 Å². The molecule has 6 aromatic heterocycles. The average molecular weight is 1970 g/mol. The number of ether oxygens (including phenoxy) is 12. The molecule has 742 valence electrons. The number of anilines is 3. The number of hydrogen-bond donors (Lipinski definition) is 6. The second-order valence-corrected chi connectivity index (χ2v) is 39.3. The molecular formula is C90H118N15O29P3. The number of benzene rings is 3. The molecular weight excluding hydrogens is 1850 g/mol. The normalized spacial score (nSPS) is 23.5. The van der Waals surface area contributed by atoms with Crippen LogP contribution in [-0.2, 0) is 118 Å². The number of esters is 7. The van der Waals surface area contributed by atoms with Crippen molar-refractivity contribution in [1.82, 2.24) is 58.9 Å². The summed E-state index contributed by atoms with van der Waals surface area (Å²) in [7, 11) is -13.0. The van der Waals surface area contributed by atoms with Gasteiger partial charge in [-0.25, -0.2) is 48.4 Å². The van der Waals surface area contributed by atoms with Gasteiger partial charge in [0.05, 0.1) is 67.1 Å². The molecule has 0 radical (unpaired) electrons. The molecule has 14 rings (SSSR count). The molecule has 47 heteroatoms. The van der Waals surface area contributed by atoms with Gasteiger partial charge in [0.1, 0.15) is 76.3 Å². The van der Waals surface area contributed by atoms with E-state index in [4.69, 9.17) is 101 Å². The van der Waals surface area contributed by atoms with E-state index < -0.39 is 181 Å². The van der Waals surface area contributed by atoms with E-state index in [0.717, 1.165) is 32.1 Å². The van der Waals surface area contributed by atoms with Gasteiger partial charge in [0, 0.05) is 44.3 Å². The van der Waals surface area contributed by atoms with Gasteiger partial charge in [-0.15, -0.1) is 0 Å². The van der Waals surface area contributed by atoms with Gasteiger partial charge in [0.15, 0.2) is 72.2 Å². The van der Waals surface area contributed by atoms with E-state index in [-0.39, 0.29) is 67.2 Å². The number of fused-ring (bicyclic) bond motifs is 4. The Hall–Kier alpha value is -11.8. The Balaban J connectivity index is 0.000000185. The number of nitrogens with one attached hydrogen (secondary N) is 3. The number of rotatable bonds is 38. The molecule has 4 aliphatic heterocycles. The van der Waals surface area contributed by atoms with Crippen molar-refractivity contribution >= 4 is 122 Å². The second kappa shape index (κ2) is 46.1. The molecule has 0 amide bonds. The number of hydrogen-bond acceptors (Lipinski definition) is 38. The molecule has 9 aromatic rings. The van der Waals surface area contributed by atoms with Crippen LogP contribution in [0.1, 0.15) is 180 Å². The summed E-state index contributed by atoms with van der Waals surface area (Å²) in [5.74, 6) is -3.63. The number of nitrogens with two attached hydrogens (primary N) is 3. The third-order valence-electron chi connectivity index (χ3n) is 21.8. The quantitative estimate of drug-likeness (QED) is 0.0119. The Labute approximate surface area is 790 Å². The van der Waals surface area contributed by atoms with E-state index >= 15 is 0 Å². The van der Waals surface area contributed by atoms with Crippen LogP contribution in [0.5, 0.6) is 17.2 Å². The standard InChI is InChI=1S/C33H44N5O10P.C32H44N5O10P.C25H30N5O9P/c1-5-25(39)44-29-28(46-32(30(29)45-26(40)6-2)38-19-36-27-24(34)17-18-35-31(27)38)21(4)47-49(42,48-23-15-11-8-12-16-23)37-20(3)33(41)43-22-13-9-7-10-14-22;1-8-23(38)43-27-26(45-30(28(27)44-24(39)9-2)37-18-35-25-22(33)15-16-34-29(25)37)20(4)46-48(41,47-21-13-11-10-12-14-21)36-19(3)31(40)42-17-32(5,6)7;1-13(2)34-24(31)14(3)29-40(33,39-16-8-6-5-7-9-16)38-15(4)19-20-21(37-25(32)36-20)23(35-19)30-12-28-18-17(26)10-11-27-22(18)30/h8,11-12,15-22,28-30,32H,5-7,9-10,13-14H2,1-4H3,(H2,34,35)(H,37,42);10-16,18-20,26-28,30H,8-9,17H2,1-7H3,(H2,33,34)(H,36,41);5-15,19-21,23H,1-4H3,(H2,26,27)(H,29,33)/t20?,21?,28-,29?,30?,32-,49?;19?,20?,26-,27?,28?,30-,48?;14?,15?,19-,20?,21?,23-,40?/m111/s1. The van der Waals surface area contributed by atoms with E-state index in [9.17, 15) is 52.1 Å². The first-order valence-electron chi connectivity index (χ1n) is 45.0. The third kappa shape index (κ3) is 26.6. The first-order chi connectivity index (χ1) is 65.2. The first kappa shape index (κ1) is 104. The molecule has 10 heterocycles. The number of nitrogens with zero attached hydrogens (tertiary/aromatic N) is 9. The van der Waals surface area contributed by atoms with Gasteiger partial charge in [-0.1, -0.05) is 109 Å². The van der Waals surface area contributed by atoms with Crippen molar-refractivity contribution in [2.24, 2.45) is 5.41 Å². The Morgan fingerprint density at radius 2 is 0.766 bits per heavy atom. The van der Waals surface area contributed by atoms with Crippen molar-refractivity contribution in [3.05, 3.63) is 147 Å². The lowest BCUT2D eigenvalue weighted by Crippen LogP contribution is -2.44. The maximum Gasteiger partial charge on any atom is 0.509 e. The fourth-order valence-electron chi connectivity index (χ4n) is 15.2. The van der Waals surface area contributed by atoms with Crippen LogP contribution in [0.2, 0.25) is 0 Å². The number of para-hydroxylation sites is 3. The molecule has 5 fully saturated rings. The highest BCUT2D eigenvalue weighted by Crippen LogP contribution is 2.53. The zero-order chi connectivity index (χ0) is 99.0. The molecule has 5 aliphatic rings. The fraction of sp³-hybridized carbons (Fsp3) is 0.511. The molecule has 0 bridgehead atoms. The van der Waals surface area contributed by atoms with Gasteiger partial charge in [0.25, 0.3) is 0 Å². The highest BCUT2D eigenvalue weighted by molar-refractivity contribution is 7.52. The summed E-state index contributed by atoms with van der Waals surface area (Å²) in [6, 6.07) is 26.5. The monoisotopic (exact) mass is 1970 g/mol. The Morgan fingerprint density at radius 1 is 0.431 bits per heavy atom. The summed E-state index contributed by atoms with van der Waals surface area (Å²) in [6.07, 6.45) is -4.31. The predicted molar refractivity (Wildman–Crippen MR) is 491 cm³/mol. The molecule has 0 spiro atoms. The molecule has 21 atom stereocenters. The van der Waals surface area contributed by atoms with Crippen LogP contribution in [0.25, 0.3) is 33.5 Å². The summed E-state index contributed by atoms with van der Waals surface area (Å²) >= 11 is 0. The van der Waals surface area contributed by atoms with E-state index in [2.05, 4.69) is 45.2 Å². The predicted octanol–water partition coefficient (Wildman–Crippen LogP) is 13.1. The number of carbonyl (C=O) groups is 8. The number of aromatic nitrogens is 9.